The number of sulfone groups is 1. The molecule has 1 N–H and O–H groups in total. The van der Waals surface area contributed by atoms with Crippen LogP contribution in [0.15, 0.2) is 24.3 Å². The molecule has 29 heavy (non-hydrogen) atoms. The first-order valence-corrected chi connectivity index (χ1v) is 11.2. The van der Waals surface area contributed by atoms with E-state index in [1.165, 1.54) is 6.07 Å². The molecule has 11 heteroatoms. The van der Waals surface area contributed by atoms with E-state index in [0.29, 0.717) is 16.5 Å². The molecule has 2 aromatic rings. The maximum atomic E-state index is 12.9. The maximum Gasteiger partial charge on any atom is 0.416 e. The molecular formula is C18H16F3NO5S2. The van der Waals surface area contributed by atoms with Crippen LogP contribution in [0.25, 0.3) is 0 Å². The van der Waals surface area contributed by atoms with Gasteiger partial charge in [0.15, 0.2) is 9.84 Å². The first-order valence-electron chi connectivity index (χ1n) is 8.52. The van der Waals surface area contributed by atoms with Crippen molar-refractivity contribution in [2.45, 2.75) is 25.3 Å². The Hall–Kier alpha value is -2.40. The number of hydrogen-bond donors (Lipinski definition) is 1. The number of benzene rings is 1. The Bertz CT molecular complexity index is 1070. The topological polar surface area (TPSA) is 89.5 Å². The van der Waals surface area contributed by atoms with Crippen molar-refractivity contribution in [3.63, 3.8) is 0 Å². The molecule has 6 nitrogen and oxygen atoms in total. The number of anilines is 1. The summed E-state index contributed by atoms with van der Waals surface area (Å²) in [6.45, 7) is 1.67. The number of thiophene rings is 1. The first kappa shape index (κ1) is 21.3. The van der Waals surface area contributed by atoms with Crippen LogP contribution in [0.1, 0.15) is 43.6 Å². The molecule has 3 rings (SSSR count). The summed E-state index contributed by atoms with van der Waals surface area (Å²) in [5.74, 6) is -1.96. The fraction of sp³-hybridized carbons (Fsp3) is 0.333. The number of fused-ring (bicyclic) bond motifs is 1. The zero-order valence-electron chi connectivity index (χ0n) is 15.1. The van der Waals surface area contributed by atoms with E-state index < -0.39 is 33.5 Å². The molecule has 0 saturated heterocycles. The van der Waals surface area contributed by atoms with Crippen molar-refractivity contribution in [3.8, 4) is 0 Å². The van der Waals surface area contributed by atoms with Crippen LogP contribution in [0, 0.1) is 0 Å². The van der Waals surface area contributed by atoms with Crippen LogP contribution in [-0.4, -0.2) is 32.7 Å². The molecule has 0 saturated carbocycles. The van der Waals surface area contributed by atoms with Crippen molar-refractivity contribution >= 4 is 38.1 Å². The molecule has 0 aliphatic carbocycles. The molecule has 1 amide bonds. The summed E-state index contributed by atoms with van der Waals surface area (Å²) in [4.78, 5) is 25.3. The van der Waals surface area contributed by atoms with Crippen LogP contribution in [0.4, 0.5) is 18.2 Å². The lowest BCUT2D eigenvalue weighted by Gasteiger charge is -2.13. The molecule has 1 aliphatic rings. The zero-order valence-corrected chi connectivity index (χ0v) is 16.8. The van der Waals surface area contributed by atoms with Gasteiger partial charge in [0.05, 0.1) is 29.2 Å². The highest BCUT2D eigenvalue weighted by Crippen LogP contribution is 2.39. The highest BCUT2D eigenvalue weighted by atomic mass is 32.2. The third-order valence-corrected chi connectivity index (χ3v) is 7.15. The van der Waals surface area contributed by atoms with Crippen LogP contribution in [-0.2, 0) is 32.9 Å². The second-order valence-corrected chi connectivity index (χ2v) is 9.59. The van der Waals surface area contributed by atoms with Gasteiger partial charge in [0, 0.05) is 10.4 Å². The van der Waals surface area contributed by atoms with Gasteiger partial charge in [0.1, 0.15) is 5.00 Å². The number of carbonyl (C=O) groups excluding carboxylic acids is 2. The summed E-state index contributed by atoms with van der Waals surface area (Å²) in [6.07, 6.45) is -4.51. The van der Waals surface area contributed by atoms with E-state index in [0.717, 1.165) is 23.5 Å². The van der Waals surface area contributed by atoms with Crippen molar-refractivity contribution in [3.05, 3.63) is 51.4 Å². The van der Waals surface area contributed by atoms with Crippen LogP contribution in [0.2, 0.25) is 0 Å². The van der Waals surface area contributed by atoms with Crippen LogP contribution >= 0.6 is 11.3 Å². The van der Waals surface area contributed by atoms with Gasteiger partial charge in [-0.15, -0.1) is 11.3 Å². The van der Waals surface area contributed by atoms with Crippen molar-refractivity contribution in [2.75, 3.05) is 17.7 Å². The standard InChI is InChI=1S/C18H16F3NO5S2/c1-2-27-17(24)14-12-6-7-29(25,26)9-13(12)28-16(14)22-15(23)10-4-3-5-11(8-10)18(19,20)21/h3-5,8H,2,6-7,9H2,1H3,(H,22,23). The minimum Gasteiger partial charge on any atom is -0.462 e. The molecule has 1 aromatic heterocycles. The van der Waals surface area contributed by atoms with E-state index >= 15 is 0 Å². The number of nitrogens with one attached hydrogen (secondary N) is 1. The molecule has 2 heterocycles. The number of amides is 1. The minimum absolute atomic E-state index is 0.0575. The van der Waals surface area contributed by atoms with E-state index in [-0.39, 0.29) is 40.7 Å². The molecule has 0 fully saturated rings. The Kier molecular flexibility index (Phi) is 5.72. The van der Waals surface area contributed by atoms with Crippen LogP contribution in [0.3, 0.4) is 0 Å². The van der Waals surface area contributed by atoms with Gasteiger partial charge < -0.3 is 10.1 Å². The van der Waals surface area contributed by atoms with Gasteiger partial charge in [-0.2, -0.15) is 13.2 Å². The normalized spacial score (nSPS) is 15.4. The Balaban J connectivity index is 1.97. The number of ether oxygens (including phenoxy) is 1. The number of carbonyl (C=O) groups is 2. The fourth-order valence-electron chi connectivity index (χ4n) is 2.94. The highest BCUT2D eigenvalue weighted by Gasteiger charge is 2.33. The second kappa shape index (κ2) is 7.79. The summed E-state index contributed by atoms with van der Waals surface area (Å²) in [5, 5.41) is 2.51. The molecule has 0 unspecified atom stereocenters. The van der Waals surface area contributed by atoms with Gasteiger partial charge in [0.2, 0.25) is 0 Å². The fourth-order valence-corrected chi connectivity index (χ4v) is 5.98. The van der Waals surface area contributed by atoms with Crippen LogP contribution in [0.5, 0.6) is 0 Å². The van der Waals surface area contributed by atoms with Gasteiger partial charge in [-0.1, -0.05) is 6.07 Å². The Morgan fingerprint density at radius 2 is 2.00 bits per heavy atom. The predicted octanol–water partition coefficient (Wildman–Crippen LogP) is 3.67. The number of esters is 1. The summed E-state index contributed by atoms with van der Waals surface area (Å²) < 4.78 is 67.5. The van der Waals surface area contributed by atoms with E-state index in [1.54, 1.807) is 6.92 Å². The average Bonchev–Trinajstić information content (AvgIpc) is 2.97. The van der Waals surface area contributed by atoms with Gasteiger partial charge in [-0.05, 0) is 37.1 Å². The van der Waals surface area contributed by atoms with E-state index in [1.807, 2.05) is 0 Å². The molecule has 0 bridgehead atoms. The van der Waals surface area contributed by atoms with Crippen molar-refractivity contribution < 1.29 is 35.9 Å². The lowest BCUT2D eigenvalue weighted by atomic mass is 10.1. The SMILES string of the molecule is CCOC(=O)c1c(NC(=O)c2cccc(C(F)(F)F)c2)sc2c1CCS(=O)(=O)C2. The smallest absolute Gasteiger partial charge is 0.416 e. The number of halogens is 3. The lowest BCUT2D eigenvalue weighted by Crippen LogP contribution is -2.20. The summed E-state index contributed by atoms with van der Waals surface area (Å²) in [6, 6.07) is 3.87. The third kappa shape index (κ3) is 4.61. The monoisotopic (exact) mass is 447 g/mol. The Morgan fingerprint density at radius 1 is 1.28 bits per heavy atom. The quantitative estimate of drug-likeness (QED) is 0.723. The Labute approximate surface area is 168 Å². The van der Waals surface area contributed by atoms with Crippen molar-refractivity contribution in [1.82, 2.24) is 0 Å². The second-order valence-electron chi connectivity index (χ2n) is 6.30. The molecule has 0 spiro atoms. The van der Waals surface area contributed by atoms with E-state index in [2.05, 4.69) is 5.32 Å². The zero-order chi connectivity index (χ0) is 21.4. The molecule has 0 atom stereocenters. The number of hydrogen-bond acceptors (Lipinski definition) is 6. The van der Waals surface area contributed by atoms with Crippen molar-refractivity contribution in [1.29, 1.82) is 0 Å². The van der Waals surface area contributed by atoms with Crippen LogP contribution < -0.4 is 5.32 Å². The molecule has 1 aromatic carbocycles. The molecule has 1 aliphatic heterocycles. The molecule has 156 valence electrons. The molecule has 0 radical (unpaired) electrons. The largest absolute Gasteiger partial charge is 0.462 e. The number of alkyl halides is 3. The van der Waals surface area contributed by atoms with E-state index in [4.69, 9.17) is 4.74 Å². The Morgan fingerprint density at radius 3 is 2.66 bits per heavy atom. The highest BCUT2D eigenvalue weighted by molar-refractivity contribution is 7.90. The lowest BCUT2D eigenvalue weighted by molar-refractivity contribution is -0.137. The summed E-state index contributed by atoms with van der Waals surface area (Å²) >= 11 is 0.917. The number of rotatable bonds is 4. The third-order valence-electron chi connectivity index (χ3n) is 4.26. The average molecular weight is 447 g/mol. The molecular weight excluding hydrogens is 431 g/mol. The minimum atomic E-state index is -4.61. The van der Waals surface area contributed by atoms with E-state index in [9.17, 15) is 31.2 Å². The summed E-state index contributed by atoms with van der Waals surface area (Å²) in [5.41, 5.74) is -0.675. The summed E-state index contributed by atoms with van der Waals surface area (Å²) in [7, 11) is -3.32. The van der Waals surface area contributed by atoms with Gasteiger partial charge in [-0.25, -0.2) is 13.2 Å². The first-order chi connectivity index (χ1) is 13.5. The van der Waals surface area contributed by atoms with Gasteiger partial charge >= 0.3 is 12.1 Å². The van der Waals surface area contributed by atoms with Crippen molar-refractivity contribution in [2.24, 2.45) is 0 Å². The van der Waals surface area contributed by atoms with Gasteiger partial charge in [-0.3, -0.25) is 4.79 Å². The predicted molar refractivity (Wildman–Crippen MR) is 101 cm³/mol. The van der Waals surface area contributed by atoms with Gasteiger partial charge in [0.25, 0.3) is 5.91 Å². The maximum absolute atomic E-state index is 12.9.